The topological polar surface area (TPSA) is 94.2 Å². The van der Waals surface area contributed by atoms with Crippen LogP contribution < -0.4 is 19.7 Å². The summed E-state index contributed by atoms with van der Waals surface area (Å²) in [5.41, 5.74) is 1.26. The summed E-state index contributed by atoms with van der Waals surface area (Å²) in [5, 5.41) is 2.65. The van der Waals surface area contributed by atoms with E-state index >= 15 is 0 Å². The Morgan fingerprint density at radius 1 is 1.07 bits per heavy atom. The third-order valence-corrected chi connectivity index (χ3v) is 4.64. The van der Waals surface area contributed by atoms with Crippen molar-refractivity contribution in [1.29, 1.82) is 0 Å². The van der Waals surface area contributed by atoms with Gasteiger partial charge in [0.15, 0.2) is 6.61 Å². The van der Waals surface area contributed by atoms with E-state index in [1.165, 1.54) is 4.90 Å². The van der Waals surface area contributed by atoms with Gasteiger partial charge in [-0.2, -0.15) is 0 Å². The largest absolute Gasteiger partial charge is 0.497 e. The van der Waals surface area contributed by atoms with Gasteiger partial charge >= 0.3 is 5.97 Å². The van der Waals surface area contributed by atoms with E-state index in [9.17, 15) is 14.4 Å². The van der Waals surface area contributed by atoms with Crippen molar-refractivity contribution in [3.8, 4) is 11.5 Å². The molecule has 0 saturated carbocycles. The van der Waals surface area contributed by atoms with E-state index in [1.807, 2.05) is 6.92 Å². The highest BCUT2D eigenvalue weighted by Crippen LogP contribution is 2.27. The summed E-state index contributed by atoms with van der Waals surface area (Å²) in [6.07, 6.45) is 0.0470. The summed E-state index contributed by atoms with van der Waals surface area (Å²) in [4.78, 5) is 38.2. The lowest BCUT2D eigenvalue weighted by Crippen LogP contribution is -2.28. The van der Waals surface area contributed by atoms with Crippen LogP contribution in [0, 0.1) is 5.92 Å². The second kappa shape index (κ2) is 9.78. The van der Waals surface area contributed by atoms with Gasteiger partial charge in [0.1, 0.15) is 11.5 Å². The average molecular weight is 412 g/mol. The maximum absolute atomic E-state index is 12.3. The normalized spacial score (nSPS) is 15.6. The Kier molecular flexibility index (Phi) is 6.90. The van der Waals surface area contributed by atoms with Crippen molar-refractivity contribution < 1.29 is 28.6 Å². The van der Waals surface area contributed by atoms with Crippen molar-refractivity contribution >= 4 is 29.2 Å². The highest BCUT2D eigenvalue weighted by Gasteiger charge is 2.36. The number of nitrogens with one attached hydrogen (secondary N) is 1. The summed E-state index contributed by atoms with van der Waals surface area (Å²) >= 11 is 0. The molecular formula is C22H24N2O6. The highest BCUT2D eigenvalue weighted by atomic mass is 16.5. The van der Waals surface area contributed by atoms with Crippen molar-refractivity contribution in [3.05, 3.63) is 48.5 Å². The molecule has 1 saturated heterocycles. The number of carbonyl (C=O) groups is 3. The van der Waals surface area contributed by atoms with Crippen LogP contribution in [0.4, 0.5) is 11.4 Å². The van der Waals surface area contributed by atoms with Crippen molar-refractivity contribution in [2.24, 2.45) is 5.92 Å². The van der Waals surface area contributed by atoms with Gasteiger partial charge in [0.25, 0.3) is 5.91 Å². The average Bonchev–Trinajstić information content (AvgIpc) is 3.15. The van der Waals surface area contributed by atoms with Crippen LogP contribution in [0.15, 0.2) is 48.5 Å². The number of benzene rings is 2. The van der Waals surface area contributed by atoms with Crippen LogP contribution in [0.5, 0.6) is 11.5 Å². The molecule has 0 aromatic heterocycles. The van der Waals surface area contributed by atoms with Gasteiger partial charge in [-0.3, -0.25) is 14.4 Å². The number of nitrogens with zero attached hydrogens (tertiary/aromatic N) is 1. The zero-order chi connectivity index (χ0) is 21.5. The molecule has 0 bridgehead atoms. The molecule has 3 rings (SSSR count). The van der Waals surface area contributed by atoms with Crippen molar-refractivity contribution in [2.45, 2.75) is 13.3 Å². The van der Waals surface area contributed by atoms with Gasteiger partial charge in [-0.1, -0.05) is 0 Å². The minimum Gasteiger partial charge on any atom is -0.497 e. The Balaban J connectivity index is 1.48. The summed E-state index contributed by atoms with van der Waals surface area (Å²) in [6, 6.07) is 13.9. The molecule has 1 aliphatic heterocycles. The van der Waals surface area contributed by atoms with Crippen LogP contribution in [-0.2, 0) is 19.1 Å². The molecule has 1 heterocycles. The molecule has 1 unspecified atom stereocenters. The van der Waals surface area contributed by atoms with Gasteiger partial charge < -0.3 is 24.4 Å². The van der Waals surface area contributed by atoms with E-state index in [0.29, 0.717) is 29.5 Å². The molecule has 30 heavy (non-hydrogen) atoms. The molecule has 0 aliphatic carbocycles. The fourth-order valence-electron chi connectivity index (χ4n) is 3.13. The first kappa shape index (κ1) is 21.2. The van der Waals surface area contributed by atoms with E-state index in [0.717, 1.165) is 0 Å². The quantitative estimate of drug-likeness (QED) is 0.670. The fourth-order valence-corrected chi connectivity index (χ4v) is 3.13. The Hall–Kier alpha value is -3.55. The van der Waals surface area contributed by atoms with Crippen LogP contribution in [0.2, 0.25) is 0 Å². The minimum absolute atomic E-state index is 0.0470. The molecule has 0 spiro atoms. The summed E-state index contributed by atoms with van der Waals surface area (Å²) < 4.78 is 15.6. The Bertz CT molecular complexity index is 895. The Morgan fingerprint density at radius 2 is 1.73 bits per heavy atom. The fraction of sp³-hybridized carbons (Fsp3) is 0.318. The molecule has 2 aromatic rings. The van der Waals surface area contributed by atoms with E-state index in [-0.39, 0.29) is 18.9 Å². The molecule has 1 aliphatic rings. The smallest absolute Gasteiger partial charge is 0.311 e. The number of hydrogen-bond acceptors (Lipinski definition) is 6. The SMILES string of the molecule is CCOc1ccc(NC(=O)COC(=O)C2CC(=O)N(c3ccc(OC)cc3)C2)cc1. The Morgan fingerprint density at radius 3 is 2.37 bits per heavy atom. The lowest BCUT2D eigenvalue weighted by molar-refractivity contribution is -0.151. The third kappa shape index (κ3) is 5.28. The van der Waals surface area contributed by atoms with E-state index < -0.39 is 24.4 Å². The van der Waals surface area contributed by atoms with Crippen LogP contribution in [0.3, 0.4) is 0 Å². The van der Waals surface area contributed by atoms with Gasteiger partial charge in [-0.15, -0.1) is 0 Å². The van der Waals surface area contributed by atoms with Gasteiger partial charge in [-0.25, -0.2) is 0 Å². The van der Waals surface area contributed by atoms with Crippen LogP contribution >= 0.6 is 0 Å². The van der Waals surface area contributed by atoms with Gasteiger partial charge in [0.2, 0.25) is 5.91 Å². The second-order valence-electron chi connectivity index (χ2n) is 6.72. The minimum atomic E-state index is -0.613. The highest BCUT2D eigenvalue weighted by molar-refractivity contribution is 6.00. The molecular weight excluding hydrogens is 388 g/mol. The number of esters is 1. The molecule has 1 fully saturated rings. The molecule has 8 nitrogen and oxygen atoms in total. The van der Waals surface area contributed by atoms with Crippen molar-refractivity contribution in [2.75, 3.05) is 37.1 Å². The summed E-state index contributed by atoms with van der Waals surface area (Å²) in [5.74, 6) is -0.418. The van der Waals surface area contributed by atoms with Crippen molar-refractivity contribution in [3.63, 3.8) is 0 Å². The van der Waals surface area contributed by atoms with Gasteiger partial charge in [0, 0.05) is 24.3 Å². The van der Waals surface area contributed by atoms with E-state index in [1.54, 1.807) is 55.6 Å². The number of amides is 2. The van der Waals surface area contributed by atoms with E-state index in [2.05, 4.69) is 5.32 Å². The number of methoxy groups -OCH3 is 1. The van der Waals surface area contributed by atoms with Gasteiger partial charge in [-0.05, 0) is 55.5 Å². The first-order chi connectivity index (χ1) is 14.5. The monoisotopic (exact) mass is 412 g/mol. The number of carbonyl (C=O) groups excluding carboxylic acids is 3. The first-order valence-electron chi connectivity index (χ1n) is 9.64. The Labute approximate surface area is 174 Å². The number of ether oxygens (including phenoxy) is 3. The molecule has 158 valence electrons. The van der Waals surface area contributed by atoms with E-state index in [4.69, 9.17) is 14.2 Å². The third-order valence-electron chi connectivity index (χ3n) is 4.64. The maximum Gasteiger partial charge on any atom is 0.311 e. The first-order valence-corrected chi connectivity index (χ1v) is 9.64. The molecule has 2 amide bonds. The number of anilines is 2. The lowest BCUT2D eigenvalue weighted by atomic mass is 10.1. The lowest BCUT2D eigenvalue weighted by Gasteiger charge is -2.16. The summed E-state index contributed by atoms with van der Waals surface area (Å²) in [6.45, 7) is 2.24. The van der Waals surface area contributed by atoms with Crippen LogP contribution in [0.25, 0.3) is 0 Å². The predicted molar refractivity (Wildman–Crippen MR) is 111 cm³/mol. The predicted octanol–water partition coefficient (Wildman–Crippen LogP) is 2.63. The molecule has 2 aromatic carbocycles. The molecule has 1 atom stereocenters. The zero-order valence-corrected chi connectivity index (χ0v) is 16.9. The van der Waals surface area contributed by atoms with Crippen molar-refractivity contribution in [1.82, 2.24) is 0 Å². The second-order valence-corrected chi connectivity index (χ2v) is 6.72. The van der Waals surface area contributed by atoms with Gasteiger partial charge in [0.05, 0.1) is 19.6 Å². The zero-order valence-electron chi connectivity index (χ0n) is 16.9. The standard InChI is InChI=1S/C22H24N2O6/c1-3-29-19-8-4-16(5-9-19)23-20(25)14-30-22(27)15-12-21(26)24(13-15)17-6-10-18(28-2)11-7-17/h4-11,15H,3,12-14H2,1-2H3,(H,23,25). The maximum atomic E-state index is 12.3. The summed E-state index contributed by atoms with van der Waals surface area (Å²) in [7, 11) is 1.56. The number of hydrogen-bond donors (Lipinski definition) is 1. The molecule has 1 N–H and O–H groups in total. The molecule has 8 heteroatoms. The number of rotatable bonds is 8. The van der Waals surface area contributed by atoms with Crippen LogP contribution in [0.1, 0.15) is 13.3 Å². The van der Waals surface area contributed by atoms with Crippen LogP contribution in [-0.4, -0.2) is 44.7 Å². The molecule has 0 radical (unpaired) electrons.